The Labute approximate surface area is 131 Å². The van der Waals surface area contributed by atoms with Crippen LogP contribution in [-0.2, 0) is 4.79 Å². The van der Waals surface area contributed by atoms with Crippen LogP contribution in [0.25, 0.3) is 16.5 Å². The third-order valence-electron chi connectivity index (χ3n) is 3.69. The van der Waals surface area contributed by atoms with Crippen molar-refractivity contribution < 1.29 is 13.9 Å². The van der Waals surface area contributed by atoms with E-state index in [9.17, 15) is 4.79 Å². The van der Waals surface area contributed by atoms with E-state index in [0.29, 0.717) is 12.3 Å². The first kappa shape index (κ1) is 16.1. The maximum atomic E-state index is 11.9. The normalized spacial score (nSPS) is 11.7. The van der Waals surface area contributed by atoms with Crippen LogP contribution in [0.4, 0.5) is 0 Å². The van der Waals surface area contributed by atoms with Crippen LogP contribution < -0.4 is 10.1 Å². The highest BCUT2D eigenvalue weighted by atomic mass is 16.5. The van der Waals surface area contributed by atoms with Crippen LogP contribution in [0.5, 0.6) is 5.75 Å². The molecule has 118 valence electrons. The van der Waals surface area contributed by atoms with Crippen molar-refractivity contribution in [2.24, 2.45) is 0 Å². The molecule has 1 aromatic heterocycles. The molecular formula is C18H23NO3. The number of ether oxygens (including phenoxy) is 1. The van der Waals surface area contributed by atoms with Crippen LogP contribution in [-0.4, -0.2) is 19.6 Å². The molecule has 1 aromatic carbocycles. The van der Waals surface area contributed by atoms with Crippen molar-refractivity contribution in [2.75, 3.05) is 13.7 Å². The van der Waals surface area contributed by atoms with Crippen molar-refractivity contribution in [1.29, 1.82) is 0 Å². The number of hydrogen-bond acceptors (Lipinski definition) is 3. The molecule has 0 fully saturated rings. The second-order valence-corrected chi connectivity index (χ2v) is 5.44. The molecule has 2 rings (SSSR count). The van der Waals surface area contributed by atoms with Gasteiger partial charge in [0.15, 0.2) is 0 Å². The number of amides is 1. The highest BCUT2D eigenvalue weighted by Crippen LogP contribution is 2.33. The standard InChI is InChI=1S/C18H23NO3/c1-5-6-7-19-18(20)8-12(2)14-9-15-13(3)11-22-17(15)10-16(14)21-4/h8-11H,5-7H2,1-4H3,(H,19,20)/b12-8+. The fourth-order valence-corrected chi connectivity index (χ4v) is 2.37. The second-order valence-electron chi connectivity index (χ2n) is 5.44. The number of unbranched alkanes of at least 4 members (excludes halogenated alkanes) is 1. The molecule has 1 amide bonds. The Kier molecular flexibility index (Phi) is 5.26. The molecule has 1 heterocycles. The molecule has 0 bridgehead atoms. The quantitative estimate of drug-likeness (QED) is 0.646. The Morgan fingerprint density at radius 1 is 1.41 bits per heavy atom. The number of rotatable bonds is 6. The van der Waals surface area contributed by atoms with Gasteiger partial charge in [0.25, 0.3) is 0 Å². The van der Waals surface area contributed by atoms with Gasteiger partial charge in [-0.3, -0.25) is 4.79 Å². The molecule has 4 nitrogen and oxygen atoms in total. The molecule has 0 radical (unpaired) electrons. The number of carbonyl (C=O) groups excluding carboxylic acids is 1. The molecule has 22 heavy (non-hydrogen) atoms. The van der Waals surface area contributed by atoms with Crippen molar-refractivity contribution in [2.45, 2.75) is 33.6 Å². The first-order valence-electron chi connectivity index (χ1n) is 7.59. The monoisotopic (exact) mass is 301 g/mol. The molecule has 0 aliphatic rings. The van der Waals surface area contributed by atoms with Crippen LogP contribution in [0.1, 0.15) is 37.8 Å². The minimum Gasteiger partial charge on any atom is -0.496 e. The van der Waals surface area contributed by atoms with E-state index < -0.39 is 0 Å². The predicted octanol–water partition coefficient (Wildman–Crippen LogP) is 4.07. The minimum absolute atomic E-state index is 0.0722. The van der Waals surface area contributed by atoms with Gasteiger partial charge in [-0.1, -0.05) is 13.3 Å². The summed E-state index contributed by atoms with van der Waals surface area (Å²) in [5, 5.41) is 3.93. The molecule has 2 aromatic rings. The molecule has 0 saturated heterocycles. The van der Waals surface area contributed by atoms with Gasteiger partial charge in [-0.15, -0.1) is 0 Å². The lowest BCUT2D eigenvalue weighted by Gasteiger charge is -2.09. The predicted molar refractivity (Wildman–Crippen MR) is 89.1 cm³/mol. The number of methoxy groups -OCH3 is 1. The van der Waals surface area contributed by atoms with E-state index in [0.717, 1.165) is 40.5 Å². The maximum Gasteiger partial charge on any atom is 0.244 e. The first-order chi connectivity index (χ1) is 10.6. The van der Waals surface area contributed by atoms with Crippen molar-refractivity contribution in [3.63, 3.8) is 0 Å². The average Bonchev–Trinajstić information content (AvgIpc) is 2.86. The highest BCUT2D eigenvalue weighted by molar-refractivity contribution is 5.97. The van der Waals surface area contributed by atoms with E-state index in [4.69, 9.17) is 9.15 Å². The molecule has 0 saturated carbocycles. The summed E-state index contributed by atoms with van der Waals surface area (Å²) in [5.41, 5.74) is 3.64. The van der Waals surface area contributed by atoms with Crippen LogP contribution >= 0.6 is 0 Å². The Hall–Kier alpha value is -2.23. The zero-order chi connectivity index (χ0) is 16.1. The molecule has 0 unspecified atom stereocenters. The molecule has 4 heteroatoms. The van der Waals surface area contributed by atoms with Gasteiger partial charge in [-0.05, 0) is 37.5 Å². The van der Waals surface area contributed by atoms with Gasteiger partial charge in [0, 0.05) is 29.6 Å². The lowest BCUT2D eigenvalue weighted by atomic mass is 10.0. The number of furan rings is 1. The molecule has 0 atom stereocenters. The zero-order valence-electron chi connectivity index (χ0n) is 13.7. The Bertz CT molecular complexity index is 698. The SMILES string of the molecule is CCCCNC(=O)/C=C(\C)c1cc2c(C)coc2cc1OC. The third-order valence-corrected chi connectivity index (χ3v) is 3.69. The van der Waals surface area contributed by atoms with Crippen LogP contribution in [0, 0.1) is 6.92 Å². The number of allylic oxidation sites excluding steroid dienone is 1. The van der Waals surface area contributed by atoms with Crippen molar-refractivity contribution >= 4 is 22.4 Å². The molecule has 0 aliphatic heterocycles. The summed E-state index contributed by atoms with van der Waals surface area (Å²) in [6.07, 6.45) is 5.40. The van der Waals surface area contributed by atoms with Gasteiger partial charge in [0.05, 0.1) is 13.4 Å². The van der Waals surface area contributed by atoms with Gasteiger partial charge < -0.3 is 14.5 Å². The number of fused-ring (bicyclic) bond motifs is 1. The average molecular weight is 301 g/mol. The largest absolute Gasteiger partial charge is 0.496 e. The summed E-state index contributed by atoms with van der Waals surface area (Å²) in [7, 11) is 1.62. The second kappa shape index (κ2) is 7.16. The van der Waals surface area contributed by atoms with Gasteiger partial charge in [-0.2, -0.15) is 0 Å². The number of carbonyl (C=O) groups is 1. The molecule has 0 aliphatic carbocycles. The van der Waals surface area contributed by atoms with Crippen LogP contribution in [0.3, 0.4) is 0 Å². The summed E-state index contributed by atoms with van der Waals surface area (Å²) in [5.74, 6) is 0.633. The topological polar surface area (TPSA) is 51.5 Å². The number of aryl methyl sites for hydroxylation is 1. The number of nitrogens with one attached hydrogen (secondary N) is 1. The highest BCUT2D eigenvalue weighted by Gasteiger charge is 2.12. The Balaban J connectivity index is 2.31. The smallest absolute Gasteiger partial charge is 0.244 e. The summed E-state index contributed by atoms with van der Waals surface area (Å²) in [4.78, 5) is 11.9. The number of hydrogen-bond donors (Lipinski definition) is 1. The third kappa shape index (κ3) is 3.50. The van der Waals surface area contributed by atoms with Gasteiger partial charge in [-0.25, -0.2) is 0 Å². The van der Waals surface area contributed by atoms with Crippen molar-refractivity contribution in [3.8, 4) is 5.75 Å². The van der Waals surface area contributed by atoms with E-state index >= 15 is 0 Å². The minimum atomic E-state index is -0.0722. The van der Waals surface area contributed by atoms with E-state index in [1.165, 1.54) is 0 Å². The first-order valence-corrected chi connectivity index (χ1v) is 7.59. The Morgan fingerprint density at radius 2 is 2.18 bits per heavy atom. The van der Waals surface area contributed by atoms with E-state index in [-0.39, 0.29) is 5.91 Å². The fraction of sp³-hybridized carbons (Fsp3) is 0.389. The lowest BCUT2D eigenvalue weighted by molar-refractivity contribution is -0.116. The fourth-order valence-electron chi connectivity index (χ4n) is 2.37. The summed E-state index contributed by atoms with van der Waals surface area (Å²) in [6, 6.07) is 3.88. The van der Waals surface area contributed by atoms with Gasteiger partial charge in [0.1, 0.15) is 11.3 Å². The zero-order valence-corrected chi connectivity index (χ0v) is 13.7. The van der Waals surface area contributed by atoms with Crippen LogP contribution in [0.15, 0.2) is 28.9 Å². The summed E-state index contributed by atoms with van der Waals surface area (Å²) in [6.45, 7) is 6.72. The lowest BCUT2D eigenvalue weighted by Crippen LogP contribution is -2.22. The summed E-state index contributed by atoms with van der Waals surface area (Å²) >= 11 is 0. The number of benzene rings is 1. The van der Waals surface area contributed by atoms with Gasteiger partial charge in [0.2, 0.25) is 5.91 Å². The van der Waals surface area contributed by atoms with E-state index in [1.807, 2.05) is 26.0 Å². The van der Waals surface area contributed by atoms with E-state index in [1.54, 1.807) is 19.4 Å². The summed E-state index contributed by atoms with van der Waals surface area (Å²) < 4.78 is 10.9. The van der Waals surface area contributed by atoms with Crippen molar-refractivity contribution in [3.05, 3.63) is 35.6 Å². The maximum absolute atomic E-state index is 11.9. The Morgan fingerprint density at radius 3 is 2.86 bits per heavy atom. The molecule has 0 spiro atoms. The van der Waals surface area contributed by atoms with Crippen molar-refractivity contribution in [1.82, 2.24) is 5.32 Å². The van der Waals surface area contributed by atoms with Gasteiger partial charge >= 0.3 is 0 Å². The molecular weight excluding hydrogens is 278 g/mol. The van der Waals surface area contributed by atoms with Crippen LogP contribution in [0.2, 0.25) is 0 Å². The van der Waals surface area contributed by atoms with E-state index in [2.05, 4.69) is 12.2 Å². The molecule has 1 N–H and O–H groups in total.